The number of hydrogen-bond donors (Lipinski definition) is 2. The Labute approximate surface area is 135 Å². The number of carbonyl (C=O) groups excluding carboxylic acids is 2. The lowest BCUT2D eigenvalue weighted by Gasteiger charge is -2.08. The van der Waals surface area contributed by atoms with Crippen LogP contribution in [0.5, 0.6) is 0 Å². The highest BCUT2D eigenvalue weighted by atomic mass is 16.5. The van der Waals surface area contributed by atoms with Crippen LogP contribution in [0, 0.1) is 6.92 Å². The van der Waals surface area contributed by atoms with Crippen molar-refractivity contribution in [1.29, 1.82) is 0 Å². The molecule has 23 heavy (non-hydrogen) atoms. The van der Waals surface area contributed by atoms with Crippen LogP contribution in [-0.2, 0) is 16.1 Å². The Balaban J connectivity index is 1.63. The minimum atomic E-state index is -0.345. The molecule has 0 heterocycles. The van der Waals surface area contributed by atoms with Gasteiger partial charge in [-0.2, -0.15) is 0 Å². The summed E-state index contributed by atoms with van der Waals surface area (Å²) in [5, 5.41) is 5.30. The van der Waals surface area contributed by atoms with Crippen molar-refractivity contribution < 1.29 is 14.3 Å². The molecule has 0 saturated carbocycles. The van der Waals surface area contributed by atoms with Crippen molar-refractivity contribution in [2.24, 2.45) is 0 Å². The van der Waals surface area contributed by atoms with E-state index in [0.29, 0.717) is 5.69 Å². The Morgan fingerprint density at radius 1 is 1.04 bits per heavy atom. The van der Waals surface area contributed by atoms with Gasteiger partial charge in [-0.15, -0.1) is 0 Å². The van der Waals surface area contributed by atoms with E-state index in [1.807, 2.05) is 49.4 Å². The Bertz CT molecular complexity index is 656. The predicted molar refractivity (Wildman–Crippen MR) is 89.1 cm³/mol. The smallest absolute Gasteiger partial charge is 0.319 e. The number of ether oxygens (including phenoxy) is 1. The quantitative estimate of drug-likeness (QED) is 0.805. The average Bonchev–Trinajstić information content (AvgIpc) is 2.54. The highest BCUT2D eigenvalue weighted by Crippen LogP contribution is 2.06. The molecule has 0 aliphatic heterocycles. The molecular weight excluding hydrogens is 292 g/mol. The minimum Gasteiger partial charge on any atom is -0.461 e. The molecule has 2 amide bonds. The molecule has 2 N–H and O–H groups in total. The average molecular weight is 312 g/mol. The molecule has 0 unspecified atom stereocenters. The second-order valence-electron chi connectivity index (χ2n) is 5.15. The number of rotatable bonds is 6. The molecule has 5 nitrogen and oxygen atoms in total. The van der Waals surface area contributed by atoms with Gasteiger partial charge in [-0.05, 0) is 24.6 Å². The van der Waals surface area contributed by atoms with Crippen LogP contribution in [0.1, 0.15) is 17.5 Å². The van der Waals surface area contributed by atoms with Crippen LogP contribution in [0.25, 0.3) is 0 Å². The molecule has 2 aromatic rings. The van der Waals surface area contributed by atoms with Crippen LogP contribution in [-0.4, -0.2) is 18.5 Å². The molecule has 120 valence electrons. The van der Waals surface area contributed by atoms with Crippen LogP contribution in [0.4, 0.5) is 10.5 Å². The van der Waals surface area contributed by atoms with Crippen molar-refractivity contribution in [2.45, 2.75) is 20.0 Å². The fourth-order valence-electron chi connectivity index (χ4n) is 2.01. The molecule has 0 fully saturated rings. The second-order valence-corrected chi connectivity index (χ2v) is 5.15. The van der Waals surface area contributed by atoms with E-state index in [1.54, 1.807) is 12.1 Å². The van der Waals surface area contributed by atoms with Crippen molar-refractivity contribution in [1.82, 2.24) is 5.32 Å². The lowest BCUT2D eigenvalue weighted by molar-refractivity contribution is -0.144. The fraction of sp³-hybridized carbons (Fsp3) is 0.222. The largest absolute Gasteiger partial charge is 0.461 e. The first-order chi connectivity index (χ1) is 11.1. The fourth-order valence-corrected chi connectivity index (χ4v) is 2.01. The number of hydrogen-bond acceptors (Lipinski definition) is 3. The molecule has 5 heteroatoms. The van der Waals surface area contributed by atoms with Crippen LogP contribution in [0.15, 0.2) is 54.6 Å². The molecular formula is C18H20N2O3. The first-order valence-corrected chi connectivity index (χ1v) is 7.44. The van der Waals surface area contributed by atoms with Gasteiger partial charge in [-0.25, -0.2) is 4.79 Å². The van der Waals surface area contributed by atoms with Crippen LogP contribution in [0.3, 0.4) is 0 Å². The van der Waals surface area contributed by atoms with Gasteiger partial charge in [0, 0.05) is 12.2 Å². The second kappa shape index (κ2) is 8.58. The molecule has 0 atom stereocenters. The van der Waals surface area contributed by atoms with Crippen molar-refractivity contribution in [3.63, 3.8) is 0 Å². The number of benzene rings is 2. The topological polar surface area (TPSA) is 67.4 Å². The lowest BCUT2D eigenvalue weighted by atomic mass is 10.1. The van der Waals surface area contributed by atoms with Gasteiger partial charge in [0.15, 0.2) is 0 Å². The van der Waals surface area contributed by atoms with Crippen LogP contribution in [0.2, 0.25) is 0 Å². The number of amides is 2. The Kier molecular flexibility index (Phi) is 6.17. The van der Waals surface area contributed by atoms with Crippen molar-refractivity contribution >= 4 is 17.7 Å². The monoisotopic (exact) mass is 312 g/mol. The van der Waals surface area contributed by atoms with E-state index in [-0.39, 0.29) is 31.6 Å². The standard InChI is InChI=1S/C18H20N2O3/c1-14-6-5-7-15(12-14)13-23-17(21)10-11-19-18(22)20-16-8-3-2-4-9-16/h2-9,12H,10-11,13H2,1H3,(H2,19,20,22). The summed E-state index contributed by atoms with van der Waals surface area (Å²) in [5.74, 6) is -0.341. The number of nitrogens with one attached hydrogen (secondary N) is 2. The Hall–Kier alpha value is -2.82. The third-order valence-corrected chi connectivity index (χ3v) is 3.13. The summed E-state index contributed by atoms with van der Waals surface area (Å²) in [5.41, 5.74) is 2.78. The summed E-state index contributed by atoms with van der Waals surface area (Å²) in [7, 11) is 0. The highest BCUT2D eigenvalue weighted by molar-refractivity contribution is 5.89. The molecule has 2 aromatic carbocycles. The summed E-state index contributed by atoms with van der Waals surface area (Å²) in [6.07, 6.45) is 0.133. The van der Waals surface area contributed by atoms with Gasteiger partial charge in [0.25, 0.3) is 0 Å². The van der Waals surface area contributed by atoms with Crippen LogP contribution < -0.4 is 10.6 Å². The maximum Gasteiger partial charge on any atom is 0.319 e. The number of aryl methyl sites for hydroxylation is 1. The van der Waals surface area contributed by atoms with Gasteiger partial charge in [0.1, 0.15) is 6.61 Å². The predicted octanol–water partition coefficient (Wildman–Crippen LogP) is 3.25. The third kappa shape index (κ3) is 6.22. The Morgan fingerprint density at radius 2 is 1.83 bits per heavy atom. The van der Waals surface area contributed by atoms with Gasteiger partial charge in [0.05, 0.1) is 6.42 Å². The SMILES string of the molecule is Cc1cccc(COC(=O)CCNC(=O)Nc2ccccc2)c1. The summed E-state index contributed by atoms with van der Waals surface area (Å²) in [6.45, 7) is 2.46. The van der Waals surface area contributed by atoms with E-state index in [1.165, 1.54) is 0 Å². The molecule has 0 spiro atoms. The summed E-state index contributed by atoms with van der Waals surface area (Å²) in [6, 6.07) is 16.6. The normalized spacial score (nSPS) is 9.96. The third-order valence-electron chi connectivity index (χ3n) is 3.13. The molecule has 0 radical (unpaired) electrons. The highest BCUT2D eigenvalue weighted by Gasteiger charge is 2.06. The summed E-state index contributed by atoms with van der Waals surface area (Å²) in [4.78, 5) is 23.3. The molecule has 0 bridgehead atoms. The zero-order chi connectivity index (χ0) is 16.5. The maximum absolute atomic E-state index is 11.6. The number of esters is 1. The van der Waals surface area contributed by atoms with E-state index in [2.05, 4.69) is 10.6 Å². The summed E-state index contributed by atoms with van der Waals surface area (Å²) >= 11 is 0. The van der Waals surface area contributed by atoms with Crippen molar-refractivity contribution in [2.75, 3.05) is 11.9 Å². The van der Waals surface area contributed by atoms with E-state index in [0.717, 1.165) is 11.1 Å². The first-order valence-electron chi connectivity index (χ1n) is 7.44. The summed E-state index contributed by atoms with van der Waals surface area (Å²) < 4.78 is 5.17. The van der Waals surface area contributed by atoms with Crippen molar-refractivity contribution in [3.05, 3.63) is 65.7 Å². The number of urea groups is 1. The minimum absolute atomic E-state index is 0.133. The number of para-hydroxylation sites is 1. The first kappa shape index (κ1) is 16.5. The van der Waals surface area contributed by atoms with E-state index >= 15 is 0 Å². The van der Waals surface area contributed by atoms with Crippen molar-refractivity contribution in [3.8, 4) is 0 Å². The van der Waals surface area contributed by atoms with Gasteiger partial charge in [-0.1, -0.05) is 48.0 Å². The number of anilines is 1. The van der Waals surface area contributed by atoms with E-state index in [9.17, 15) is 9.59 Å². The van der Waals surface area contributed by atoms with Gasteiger partial charge >= 0.3 is 12.0 Å². The van der Waals surface area contributed by atoms with Gasteiger partial charge in [-0.3, -0.25) is 4.79 Å². The number of carbonyl (C=O) groups is 2. The van der Waals surface area contributed by atoms with Gasteiger partial charge < -0.3 is 15.4 Å². The van der Waals surface area contributed by atoms with Crippen LogP contribution >= 0.6 is 0 Å². The van der Waals surface area contributed by atoms with E-state index in [4.69, 9.17) is 4.74 Å². The molecule has 2 rings (SSSR count). The molecule has 0 saturated heterocycles. The molecule has 0 aromatic heterocycles. The lowest BCUT2D eigenvalue weighted by Crippen LogP contribution is -2.30. The maximum atomic E-state index is 11.6. The van der Waals surface area contributed by atoms with E-state index < -0.39 is 0 Å². The molecule has 0 aliphatic carbocycles. The zero-order valence-corrected chi connectivity index (χ0v) is 13.0. The zero-order valence-electron chi connectivity index (χ0n) is 13.0. The Morgan fingerprint density at radius 3 is 2.57 bits per heavy atom. The molecule has 0 aliphatic rings. The van der Waals surface area contributed by atoms with Gasteiger partial charge in [0.2, 0.25) is 0 Å².